The van der Waals surface area contributed by atoms with Crippen LogP contribution in [0.5, 0.6) is 0 Å². The summed E-state index contributed by atoms with van der Waals surface area (Å²) in [7, 11) is -3.76. The third-order valence-electron chi connectivity index (χ3n) is 3.24. The fraction of sp³-hybridized carbons (Fsp3) is 0.133. The number of amidine groups is 1. The number of rotatable bonds is 2. The Balaban J connectivity index is 2.31. The lowest BCUT2D eigenvalue weighted by atomic mass is 10.3. The van der Waals surface area contributed by atoms with E-state index >= 15 is 0 Å². The standard InChI is InChI=1S/C15H13ClN2O2S/c1-2-14-17-13-10-6-9-12(16)15(13)21(19,20)18(14)11-7-4-3-5-8-11/h3-10H,2H2,1H3. The first-order valence-electron chi connectivity index (χ1n) is 6.52. The van der Waals surface area contributed by atoms with E-state index in [1.807, 2.05) is 13.0 Å². The van der Waals surface area contributed by atoms with Gasteiger partial charge in [-0.2, -0.15) is 0 Å². The first-order chi connectivity index (χ1) is 10.1. The van der Waals surface area contributed by atoms with Crippen LogP contribution in [0.15, 0.2) is 58.4 Å². The molecular formula is C15H13ClN2O2S. The monoisotopic (exact) mass is 320 g/mol. The third-order valence-corrected chi connectivity index (χ3v) is 5.51. The van der Waals surface area contributed by atoms with Crippen LogP contribution in [0.2, 0.25) is 5.02 Å². The lowest BCUT2D eigenvalue weighted by Crippen LogP contribution is -2.39. The Morgan fingerprint density at radius 2 is 1.81 bits per heavy atom. The summed E-state index contributed by atoms with van der Waals surface area (Å²) in [4.78, 5) is 4.52. The average molecular weight is 321 g/mol. The summed E-state index contributed by atoms with van der Waals surface area (Å²) in [5.41, 5.74) is 0.954. The van der Waals surface area contributed by atoms with Gasteiger partial charge in [-0.25, -0.2) is 17.7 Å². The predicted molar refractivity (Wildman–Crippen MR) is 84.9 cm³/mol. The molecule has 21 heavy (non-hydrogen) atoms. The highest BCUT2D eigenvalue weighted by Crippen LogP contribution is 2.39. The number of nitrogens with zero attached hydrogens (tertiary/aromatic N) is 2. The van der Waals surface area contributed by atoms with Crippen molar-refractivity contribution in [2.24, 2.45) is 4.99 Å². The number of aliphatic imine (C=N–C) groups is 1. The van der Waals surface area contributed by atoms with Gasteiger partial charge in [-0.05, 0) is 24.3 Å². The molecule has 0 radical (unpaired) electrons. The summed E-state index contributed by atoms with van der Waals surface area (Å²) in [6.45, 7) is 1.87. The number of para-hydroxylation sites is 1. The molecular weight excluding hydrogens is 308 g/mol. The quantitative estimate of drug-likeness (QED) is 0.840. The molecule has 6 heteroatoms. The number of hydrogen-bond acceptors (Lipinski definition) is 3. The van der Waals surface area contributed by atoms with Crippen molar-refractivity contribution < 1.29 is 8.42 Å². The van der Waals surface area contributed by atoms with E-state index < -0.39 is 10.0 Å². The third kappa shape index (κ3) is 2.22. The summed E-state index contributed by atoms with van der Waals surface area (Å²) >= 11 is 6.10. The van der Waals surface area contributed by atoms with Crippen LogP contribution in [0.3, 0.4) is 0 Å². The molecule has 0 saturated carbocycles. The molecule has 4 nitrogen and oxygen atoms in total. The molecule has 0 fully saturated rings. The fourth-order valence-corrected chi connectivity index (χ4v) is 4.51. The largest absolute Gasteiger partial charge is 0.273 e. The van der Waals surface area contributed by atoms with Gasteiger partial charge in [0.2, 0.25) is 0 Å². The number of sulfonamides is 1. The van der Waals surface area contributed by atoms with Gasteiger partial charge in [0.15, 0.2) is 0 Å². The molecule has 1 aliphatic heterocycles. The highest BCUT2D eigenvalue weighted by molar-refractivity contribution is 7.94. The van der Waals surface area contributed by atoms with E-state index in [2.05, 4.69) is 4.99 Å². The number of benzene rings is 2. The Labute approximate surface area is 128 Å². The first-order valence-corrected chi connectivity index (χ1v) is 8.34. The number of hydrogen-bond donors (Lipinski definition) is 0. The Morgan fingerprint density at radius 1 is 1.10 bits per heavy atom. The Morgan fingerprint density at radius 3 is 2.48 bits per heavy atom. The molecule has 1 heterocycles. The lowest BCUT2D eigenvalue weighted by molar-refractivity contribution is 0.596. The molecule has 0 aromatic heterocycles. The molecule has 0 spiro atoms. The van der Waals surface area contributed by atoms with Crippen molar-refractivity contribution in [3.05, 3.63) is 53.6 Å². The highest BCUT2D eigenvalue weighted by atomic mass is 35.5. The summed E-state index contributed by atoms with van der Waals surface area (Å²) in [5.74, 6) is 0.482. The second-order valence-electron chi connectivity index (χ2n) is 4.57. The number of anilines is 1. The van der Waals surface area contributed by atoms with Gasteiger partial charge in [0.05, 0.1) is 16.4 Å². The molecule has 0 atom stereocenters. The van der Waals surface area contributed by atoms with Crippen LogP contribution in [0.1, 0.15) is 13.3 Å². The van der Waals surface area contributed by atoms with Crippen molar-refractivity contribution in [3.8, 4) is 0 Å². The minimum Gasteiger partial charge on any atom is -0.233 e. The van der Waals surface area contributed by atoms with Gasteiger partial charge in [-0.15, -0.1) is 0 Å². The Bertz CT molecular complexity index is 817. The van der Waals surface area contributed by atoms with E-state index in [-0.39, 0.29) is 9.92 Å². The normalized spacial score (nSPS) is 16.3. The minimum atomic E-state index is -3.76. The van der Waals surface area contributed by atoms with Crippen molar-refractivity contribution in [1.29, 1.82) is 0 Å². The van der Waals surface area contributed by atoms with Crippen LogP contribution < -0.4 is 4.31 Å². The van der Waals surface area contributed by atoms with Gasteiger partial charge in [-0.1, -0.05) is 42.8 Å². The summed E-state index contributed by atoms with van der Waals surface area (Å²) < 4.78 is 27.2. The molecule has 0 bridgehead atoms. The van der Waals surface area contributed by atoms with E-state index in [0.717, 1.165) is 0 Å². The van der Waals surface area contributed by atoms with Crippen molar-refractivity contribution in [3.63, 3.8) is 0 Å². The zero-order valence-electron chi connectivity index (χ0n) is 11.3. The van der Waals surface area contributed by atoms with E-state index in [1.54, 1.807) is 42.5 Å². The Kier molecular flexibility index (Phi) is 3.47. The molecule has 3 rings (SSSR count). The molecule has 2 aromatic rings. The molecule has 0 aliphatic carbocycles. The van der Waals surface area contributed by atoms with Gasteiger partial charge in [0.1, 0.15) is 10.7 Å². The molecule has 0 saturated heterocycles. The number of halogens is 1. The van der Waals surface area contributed by atoms with E-state index in [0.29, 0.717) is 23.6 Å². The van der Waals surface area contributed by atoms with Crippen LogP contribution in [0, 0.1) is 0 Å². The second-order valence-corrected chi connectivity index (χ2v) is 6.71. The first kappa shape index (κ1) is 14.1. The van der Waals surface area contributed by atoms with Crippen LogP contribution in [-0.2, 0) is 10.0 Å². The van der Waals surface area contributed by atoms with Crippen LogP contribution in [-0.4, -0.2) is 14.3 Å². The van der Waals surface area contributed by atoms with Gasteiger partial charge < -0.3 is 0 Å². The maximum absolute atomic E-state index is 13.0. The average Bonchev–Trinajstić information content (AvgIpc) is 2.46. The van der Waals surface area contributed by atoms with Crippen molar-refractivity contribution in [2.45, 2.75) is 18.2 Å². The SMILES string of the molecule is CCC1=Nc2cccc(Cl)c2S(=O)(=O)N1c1ccccc1. The minimum absolute atomic E-state index is 0.0627. The zero-order chi connectivity index (χ0) is 15.0. The smallest absolute Gasteiger partial charge is 0.233 e. The topological polar surface area (TPSA) is 49.7 Å². The van der Waals surface area contributed by atoms with Gasteiger partial charge in [0, 0.05) is 6.42 Å². The molecule has 2 aromatic carbocycles. The predicted octanol–water partition coefficient (Wildman–Crippen LogP) is 3.99. The van der Waals surface area contributed by atoms with Crippen LogP contribution in [0.25, 0.3) is 0 Å². The van der Waals surface area contributed by atoms with Gasteiger partial charge >= 0.3 is 0 Å². The van der Waals surface area contributed by atoms with Crippen LogP contribution >= 0.6 is 11.6 Å². The van der Waals surface area contributed by atoms with Gasteiger partial charge in [0.25, 0.3) is 10.0 Å². The number of fused-ring (bicyclic) bond motifs is 1. The molecule has 0 amide bonds. The molecule has 0 unspecified atom stereocenters. The Hall–Kier alpha value is -1.85. The molecule has 0 N–H and O–H groups in total. The second kappa shape index (κ2) is 5.16. The maximum atomic E-state index is 13.0. The summed E-state index contributed by atoms with van der Waals surface area (Å²) in [6, 6.07) is 13.8. The summed E-state index contributed by atoms with van der Waals surface area (Å²) in [5, 5.41) is 0.187. The fourth-order valence-electron chi connectivity index (χ4n) is 2.33. The van der Waals surface area contributed by atoms with E-state index in [1.165, 1.54) is 4.31 Å². The van der Waals surface area contributed by atoms with Crippen LogP contribution in [0.4, 0.5) is 11.4 Å². The van der Waals surface area contributed by atoms with Crippen molar-refractivity contribution in [1.82, 2.24) is 0 Å². The van der Waals surface area contributed by atoms with E-state index in [9.17, 15) is 8.42 Å². The van der Waals surface area contributed by atoms with E-state index in [4.69, 9.17) is 11.6 Å². The van der Waals surface area contributed by atoms with Crippen molar-refractivity contribution in [2.75, 3.05) is 4.31 Å². The van der Waals surface area contributed by atoms with Gasteiger partial charge in [-0.3, -0.25) is 0 Å². The molecule has 1 aliphatic rings. The summed E-state index contributed by atoms with van der Waals surface area (Å²) in [6.07, 6.45) is 0.500. The maximum Gasteiger partial charge on any atom is 0.273 e. The molecule has 108 valence electrons. The highest BCUT2D eigenvalue weighted by Gasteiger charge is 2.36. The van der Waals surface area contributed by atoms with Crippen molar-refractivity contribution >= 4 is 38.8 Å². The lowest BCUT2D eigenvalue weighted by Gasteiger charge is -2.29. The zero-order valence-corrected chi connectivity index (χ0v) is 12.9.